The van der Waals surface area contributed by atoms with Crippen molar-refractivity contribution < 1.29 is 4.74 Å². The predicted octanol–water partition coefficient (Wildman–Crippen LogP) is 6.65. The Morgan fingerprint density at radius 3 is 2.22 bits per heavy atom. The van der Waals surface area contributed by atoms with Gasteiger partial charge in [-0.1, -0.05) is 56.7 Å². The zero-order valence-electron chi connectivity index (χ0n) is 17.8. The molecule has 1 aromatic carbocycles. The van der Waals surface area contributed by atoms with Gasteiger partial charge in [0.1, 0.15) is 12.4 Å². The highest BCUT2D eigenvalue weighted by atomic mass is 16.5. The fraction of sp³-hybridized carbons (Fsp3) is 0.520. The quantitative estimate of drug-likeness (QED) is 0.434. The molecular formula is C25H37NO. The Morgan fingerprint density at radius 1 is 0.963 bits per heavy atom. The number of hydrogen-bond donors (Lipinski definition) is 0. The molecule has 2 heteroatoms. The molecule has 0 saturated carbocycles. The van der Waals surface area contributed by atoms with Crippen molar-refractivity contribution in [3.63, 3.8) is 0 Å². The number of ether oxygens (including phenoxy) is 1. The van der Waals surface area contributed by atoms with Crippen LogP contribution in [-0.2, 0) is 0 Å². The molecule has 1 aliphatic rings. The van der Waals surface area contributed by atoms with Crippen molar-refractivity contribution in [3.8, 4) is 5.75 Å². The lowest BCUT2D eigenvalue weighted by Gasteiger charge is -2.21. The monoisotopic (exact) mass is 367 g/mol. The van der Waals surface area contributed by atoms with Crippen LogP contribution in [-0.4, -0.2) is 31.1 Å². The first-order valence-corrected chi connectivity index (χ1v) is 10.7. The Bertz CT molecular complexity index is 645. The maximum atomic E-state index is 6.01. The van der Waals surface area contributed by atoms with Crippen LogP contribution in [0.5, 0.6) is 5.75 Å². The van der Waals surface area contributed by atoms with Crippen LogP contribution in [0.3, 0.4) is 0 Å². The highest BCUT2D eigenvalue weighted by Gasteiger charge is 2.11. The van der Waals surface area contributed by atoms with Crippen LogP contribution in [0, 0.1) is 0 Å². The second kappa shape index (κ2) is 11.8. The van der Waals surface area contributed by atoms with Gasteiger partial charge in [-0.15, -0.1) is 0 Å². The van der Waals surface area contributed by atoms with Crippen LogP contribution < -0.4 is 4.74 Å². The van der Waals surface area contributed by atoms with Crippen molar-refractivity contribution in [3.05, 3.63) is 59.2 Å². The van der Waals surface area contributed by atoms with Gasteiger partial charge in [-0.25, -0.2) is 0 Å². The maximum absolute atomic E-state index is 6.01. The lowest BCUT2D eigenvalue weighted by Crippen LogP contribution is -2.30. The van der Waals surface area contributed by atoms with Gasteiger partial charge in [0.05, 0.1) is 0 Å². The van der Waals surface area contributed by atoms with E-state index in [2.05, 4.69) is 75.1 Å². The van der Waals surface area contributed by atoms with Gasteiger partial charge < -0.3 is 4.74 Å². The molecule has 0 atom stereocenters. The summed E-state index contributed by atoms with van der Waals surface area (Å²) in [6.07, 6.45) is 12.7. The van der Waals surface area contributed by atoms with Gasteiger partial charge in [0.2, 0.25) is 0 Å². The topological polar surface area (TPSA) is 12.5 Å². The van der Waals surface area contributed by atoms with Crippen molar-refractivity contribution in [2.75, 3.05) is 26.2 Å². The molecule has 0 spiro atoms. The lowest BCUT2D eigenvalue weighted by molar-refractivity contribution is 0.209. The van der Waals surface area contributed by atoms with Crippen LogP contribution in [0.4, 0.5) is 0 Å². The average Bonchev–Trinajstić information content (AvgIpc) is 2.70. The predicted molar refractivity (Wildman–Crippen MR) is 118 cm³/mol. The van der Waals surface area contributed by atoms with Gasteiger partial charge in [-0.3, -0.25) is 4.90 Å². The Morgan fingerprint density at radius 2 is 1.67 bits per heavy atom. The average molecular weight is 368 g/mol. The first-order valence-electron chi connectivity index (χ1n) is 10.7. The lowest BCUT2D eigenvalue weighted by atomic mass is 9.89. The Kier molecular flexibility index (Phi) is 9.41. The molecule has 1 aliphatic carbocycles. The number of allylic oxidation sites excluding steroid dienone is 6. The van der Waals surface area contributed by atoms with Crippen molar-refractivity contribution in [2.24, 2.45) is 0 Å². The minimum absolute atomic E-state index is 0.754. The van der Waals surface area contributed by atoms with E-state index in [0.717, 1.165) is 51.3 Å². The van der Waals surface area contributed by atoms with E-state index in [9.17, 15) is 0 Å². The Hall–Kier alpha value is -1.80. The van der Waals surface area contributed by atoms with Crippen LogP contribution in [0.25, 0.3) is 5.57 Å². The first kappa shape index (κ1) is 21.5. The zero-order chi connectivity index (χ0) is 19.5. The van der Waals surface area contributed by atoms with E-state index in [0.29, 0.717) is 0 Å². The third kappa shape index (κ3) is 6.70. The van der Waals surface area contributed by atoms with Crippen molar-refractivity contribution in [2.45, 2.75) is 59.8 Å². The summed E-state index contributed by atoms with van der Waals surface area (Å²) in [5.41, 5.74) is 5.48. The largest absolute Gasteiger partial charge is 0.492 e. The molecule has 0 aliphatic heterocycles. The molecule has 0 unspecified atom stereocenters. The van der Waals surface area contributed by atoms with E-state index >= 15 is 0 Å². The fourth-order valence-electron chi connectivity index (χ4n) is 3.61. The third-order valence-corrected chi connectivity index (χ3v) is 5.14. The summed E-state index contributed by atoms with van der Waals surface area (Å²) in [6, 6.07) is 8.66. The molecule has 0 bridgehead atoms. The smallest absolute Gasteiger partial charge is 0.119 e. The van der Waals surface area contributed by atoms with Gasteiger partial charge in [-0.2, -0.15) is 0 Å². The molecule has 0 saturated heterocycles. The molecule has 27 heavy (non-hydrogen) atoms. The first-order chi connectivity index (χ1) is 13.2. The van der Waals surface area contributed by atoms with E-state index in [1.807, 2.05) is 0 Å². The summed E-state index contributed by atoms with van der Waals surface area (Å²) < 4.78 is 6.01. The molecule has 2 rings (SSSR count). The third-order valence-electron chi connectivity index (χ3n) is 5.14. The summed E-state index contributed by atoms with van der Waals surface area (Å²) in [7, 11) is 0. The van der Waals surface area contributed by atoms with Gasteiger partial charge in [0, 0.05) is 6.54 Å². The summed E-state index contributed by atoms with van der Waals surface area (Å²) in [5.74, 6) is 0.966. The van der Waals surface area contributed by atoms with Gasteiger partial charge in [-0.05, 0) is 81.0 Å². The minimum Gasteiger partial charge on any atom is -0.492 e. The molecule has 0 N–H and O–H groups in total. The van der Waals surface area contributed by atoms with Gasteiger partial charge in [0.25, 0.3) is 0 Å². The van der Waals surface area contributed by atoms with E-state index in [-0.39, 0.29) is 0 Å². The molecule has 1 aromatic rings. The molecule has 2 nitrogen and oxygen atoms in total. The Balaban J connectivity index is 2.02. The molecular weight excluding hydrogens is 330 g/mol. The summed E-state index contributed by atoms with van der Waals surface area (Å²) in [4.78, 5) is 2.49. The number of nitrogens with zero attached hydrogens (tertiary/aromatic N) is 1. The van der Waals surface area contributed by atoms with Gasteiger partial charge >= 0.3 is 0 Å². The molecule has 0 aromatic heterocycles. The Labute approximate surface area is 166 Å². The molecule has 0 amide bonds. The summed E-state index contributed by atoms with van der Waals surface area (Å²) in [5, 5.41) is 0. The highest BCUT2D eigenvalue weighted by Crippen LogP contribution is 2.32. The van der Waals surface area contributed by atoms with E-state index in [4.69, 9.17) is 4.74 Å². The standard InChI is InChI=1S/C25H37NO/c1-5-17-26(18-6-2)19-20-27-24-15-13-23(14-16-24)25(21(4)7-3)22-11-9-8-10-12-22/h9,11-16H,5-8,10,17-20H2,1-4H3/b25-21-. The highest BCUT2D eigenvalue weighted by molar-refractivity contribution is 5.84. The molecule has 0 heterocycles. The molecule has 148 valence electrons. The van der Waals surface area contributed by atoms with Crippen LogP contribution in [0.15, 0.2) is 53.6 Å². The van der Waals surface area contributed by atoms with Gasteiger partial charge in [0.15, 0.2) is 0 Å². The number of benzene rings is 1. The van der Waals surface area contributed by atoms with E-state index < -0.39 is 0 Å². The second-order valence-corrected chi connectivity index (χ2v) is 7.36. The van der Waals surface area contributed by atoms with E-state index in [1.165, 1.54) is 35.1 Å². The minimum atomic E-state index is 0.754. The van der Waals surface area contributed by atoms with Crippen molar-refractivity contribution in [1.82, 2.24) is 4.90 Å². The van der Waals surface area contributed by atoms with E-state index in [1.54, 1.807) is 0 Å². The SMILES string of the molecule is CCCN(CCC)CCOc1ccc(/C(C2=CCCC=C2)=C(/C)CC)cc1. The summed E-state index contributed by atoms with van der Waals surface area (Å²) in [6.45, 7) is 13.0. The fourth-order valence-corrected chi connectivity index (χ4v) is 3.61. The normalized spacial score (nSPS) is 14.9. The molecule has 0 fully saturated rings. The van der Waals surface area contributed by atoms with Crippen molar-refractivity contribution in [1.29, 1.82) is 0 Å². The summed E-state index contributed by atoms with van der Waals surface area (Å²) >= 11 is 0. The van der Waals surface area contributed by atoms with Crippen LogP contribution >= 0.6 is 0 Å². The molecule has 0 radical (unpaired) electrons. The van der Waals surface area contributed by atoms with Crippen molar-refractivity contribution >= 4 is 5.57 Å². The second-order valence-electron chi connectivity index (χ2n) is 7.36. The number of rotatable bonds is 11. The van der Waals surface area contributed by atoms with Crippen LogP contribution in [0.2, 0.25) is 0 Å². The number of hydrogen-bond acceptors (Lipinski definition) is 2. The zero-order valence-corrected chi connectivity index (χ0v) is 17.8. The maximum Gasteiger partial charge on any atom is 0.119 e. The van der Waals surface area contributed by atoms with Crippen LogP contribution in [0.1, 0.15) is 65.4 Å².